The third-order valence-corrected chi connectivity index (χ3v) is 3.26. The van der Waals surface area contributed by atoms with Gasteiger partial charge < -0.3 is 5.32 Å². The average Bonchev–Trinajstić information content (AvgIpc) is 2.40. The van der Waals surface area contributed by atoms with Crippen LogP contribution in [0.3, 0.4) is 0 Å². The van der Waals surface area contributed by atoms with E-state index < -0.39 is 0 Å². The molecule has 0 bridgehead atoms. The normalized spacial score (nSPS) is 13.6. The van der Waals surface area contributed by atoms with Crippen LogP contribution in [-0.2, 0) is 16.8 Å². The van der Waals surface area contributed by atoms with E-state index in [9.17, 15) is 4.79 Å². The molecule has 0 radical (unpaired) electrons. The molecule has 19 heavy (non-hydrogen) atoms. The zero-order valence-corrected chi connectivity index (χ0v) is 11.4. The number of amides is 1. The van der Waals surface area contributed by atoms with Crippen molar-refractivity contribution in [1.82, 2.24) is 5.32 Å². The molecule has 0 aliphatic rings. The van der Waals surface area contributed by atoms with E-state index in [4.69, 9.17) is 0 Å². The Labute approximate surface area is 114 Å². The molecule has 0 heterocycles. The van der Waals surface area contributed by atoms with E-state index in [0.717, 1.165) is 12.0 Å². The van der Waals surface area contributed by atoms with Crippen LogP contribution in [0.25, 0.3) is 0 Å². The van der Waals surface area contributed by atoms with Crippen molar-refractivity contribution >= 4 is 5.91 Å². The van der Waals surface area contributed by atoms with E-state index in [0.29, 0.717) is 0 Å². The van der Waals surface area contributed by atoms with Gasteiger partial charge in [-0.15, -0.1) is 0 Å². The number of rotatable bonds is 4. The molecular weight excluding hydrogens is 234 g/mol. The molecule has 0 saturated carbocycles. The lowest BCUT2D eigenvalue weighted by molar-refractivity contribution is -0.120. The summed E-state index contributed by atoms with van der Waals surface area (Å²) >= 11 is 0. The molecule has 2 nitrogen and oxygen atoms in total. The molecule has 1 N–H and O–H groups in total. The van der Waals surface area contributed by atoms with E-state index >= 15 is 0 Å². The second-order valence-corrected chi connectivity index (χ2v) is 5.04. The Morgan fingerprint density at radius 3 is 2.05 bits per heavy atom. The molecule has 2 aromatic rings. The average molecular weight is 253 g/mol. The molecule has 2 rings (SSSR count). The number of benzene rings is 2. The van der Waals surface area contributed by atoms with Gasteiger partial charge in [-0.1, -0.05) is 60.7 Å². The first-order chi connectivity index (χ1) is 9.10. The van der Waals surface area contributed by atoms with Crippen LogP contribution in [0.5, 0.6) is 0 Å². The topological polar surface area (TPSA) is 29.1 Å². The van der Waals surface area contributed by atoms with Crippen molar-refractivity contribution in [3.63, 3.8) is 0 Å². The summed E-state index contributed by atoms with van der Waals surface area (Å²) < 4.78 is 0. The second-order valence-electron chi connectivity index (χ2n) is 5.04. The molecule has 2 aromatic carbocycles. The fourth-order valence-electron chi connectivity index (χ4n) is 2.42. The highest BCUT2D eigenvalue weighted by Gasteiger charge is 2.27. The third kappa shape index (κ3) is 3.44. The van der Waals surface area contributed by atoms with Crippen LogP contribution in [0.2, 0.25) is 0 Å². The molecule has 1 unspecified atom stereocenters. The van der Waals surface area contributed by atoms with Gasteiger partial charge in [0.15, 0.2) is 0 Å². The predicted octanol–water partition coefficient (Wildman–Crippen LogP) is 3.28. The molecular formula is C17H19NO. The number of carbonyl (C=O) groups is 1. The Morgan fingerprint density at radius 1 is 1.00 bits per heavy atom. The Hall–Kier alpha value is -2.09. The van der Waals surface area contributed by atoms with Crippen LogP contribution in [0.15, 0.2) is 60.7 Å². The first-order valence-corrected chi connectivity index (χ1v) is 6.48. The van der Waals surface area contributed by atoms with Crippen LogP contribution in [-0.4, -0.2) is 5.91 Å². The molecule has 0 fully saturated rings. The number of hydrogen-bond acceptors (Lipinski definition) is 1. The molecule has 1 amide bonds. The van der Waals surface area contributed by atoms with Crippen molar-refractivity contribution in [3.8, 4) is 0 Å². The zero-order valence-electron chi connectivity index (χ0n) is 11.4. The van der Waals surface area contributed by atoms with Gasteiger partial charge >= 0.3 is 0 Å². The molecule has 1 atom stereocenters. The Kier molecular flexibility index (Phi) is 4.00. The number of nitrogens with one attached hydrogen (secondary N) is 1. The van der Waals surface area contributed by atoms with Gasteiger partial charge in [-0.25, -0.2) is 0 Å². The molecule has 2 heteroatoms. The lowest BCUT2D eigenvalue weighted by atomic mass is 9.85. The fourth-order valence-corrected chi connectivity index (χ4v) is 2.42. The molecule has 0 saturated heterocycles. The quantitative estimate of drug-likeness (QED) is 0.890. The summed E-state index contributed by atoms with van der Waals surface area (Å²) in [6.07, 6.45) is 0.775. The van der Waals surface area contributed by atoms with Crippen LogP contribution in [0, 0.1) is 0 Å². The Morgan fingerprint density at radius 2 is 1.53 bits per heavy atom. The van der Waals surface area contributed by atoms with Crippen molar-refractivity contribution in [1.29, 1.82) is 0 Å². The van der Waals surface area contributed by atoms with E-state index in [1.807, 2.05) is 36.4 Å². The highest BCUT2D eigenvalue weighted by molar-refractivity contribution is 5.74. The Bertz CT molecular complexity index is 536. The summed E-state index contributed by atoms with van der Waals surface area (Å²) in [6, 6.07) is 20.3. The van der Waals surface area contributed by atoms with E-state index in [2.05, 4.69) is 36.5 Å². The highest BCUT2D eigenvalue weighted by Crippen LogP contribution is 2.25. The minimum atomic E-state index is -0.381. The first-order valence-electron chi connectivity index (χ1n) is 6.48. The van der Waals surface area contributed by atoms with Crippen LogP contribution in [0.1, 0.15) is 25.0 Å². The van der Waals surface area contributed by atoms with Crippen molar-refractivity contribution < 1.29 is 4.79 Å². The summed E-state index contributed by atoms with van der Waals surface area (Å²) in [6.45, 7) is 3.63. The van der Waals surface area contributed by atoms with Gasteiger partial charge in [0, 0.05) is 6.92 Å². The fraction of sp³-hybridized carbons (Fsp3) is 0.235. The largest absolute Gasteiger partial charge is 0.347 e. The van der Waals surface area contributed by atoms with Gasteiger partial charge in [-0.2, -0.15) is 0 Å². The van der Waals surface area contributed by atoms with Crippen molar-refractivity contribution in [3.05, 3.63) is 71.8 Å². The molecule has 0 aliphatic heterocycles. The van der Waals surface area contributed by atoms with Gasteiger partial charge in [-0.05, 0) is 24.5 Å². The molecule has 0 aromatic heterocycles. The summed E-state index contributed by atoms with van der Waals surface area (Å²) in [4.78, 5) is 11.5. The maximum atomic E-state index is 11.5. The smallest absolute Gasteiger partial charge is 0.217 e. The van der Waals surface area contributed by atoms with Crippen LogP contribution >= 0.6 is 0 Å². The van der Waals surface area contributed by atoms with E-state index in [1.54, 1.807) is 6.92 Å². The van der Waals surface area contributed by atoms with Crippen molar-refractivity contribution in [2.45, 2.75) is 25.8 Å². The lowest BCUT2D eigenvalue weighted by Gasteiger charge is -2.31. The predicted molar refractivity (Wildman–Crippen MR) is 77.8 cm³/mol. The van der Waals surface area contributed by atoms with Gasteiger partial charge in [0.05, 0.1) is 5.54 Å². The molecule has 0 aliphatic carbocycles. The van der Waals surface area contributed by atoms with E-state index in [-0.39, 0.29) is 11.4 Å². The van der Waals surface area contributed by atoms with Gasteiger partial charge in [0.25, 0.3) is 0 Å². The van der Waals surface area contributed by atoms with Crippen LogP contribution in [0.4, 0.5) is 0 Å². The van der Waals surface area contributed by atoms with E-state index in [1.165, 1.54) is 5.56 Å². The summed E-state index contributed by atoms with van der Waals surface area (Å²) in [7, 11) is 0. The minimum Gasteiger partial charge on any atom is -0.347 e. The van der Waals surface area contributed by atoms with Gasteiger partial charge in [0.1, 0.15) is 0 Å². The molecule has 98 valence electrons. The monoisotopic (exact) mass is 253 g/mol. The highest BCUT2D eigenvalue weighted by atomic mass is 16.1. The minimum absolute atomic E-state index is 0.0118. The van der Waals surface area contributed by atoms with Gasteiger partial charge in [0.2, 0.25) is 5.91 Å². The summed E-state index contributed by atoms with van der Waals surface area (Å²) in [5.74, 6) is -0.0118. The zero-order chi connectivity index (χ0) is 13.7. The number of hydrogen-bond donors (Lipinski definition) is 1. The Balaban J connectivity index is 2.32. The number of carbonyl (C=O) groups excluding carboxylic acids is 1. The SMILES string of the molecule is CC(=O)NC(C)(Cc1ccccc1)c1ccccc1. The van der Waals surface area contributed by atoms with Crippen molar-refractivity contribution in [2.75, 3.05) is 0 Å². The lowest BCUT2D eigenvalue weighted by Crippen LogP contribution is -2.44. The maximum Gasteiger partial charge on any atom is 0.217 e. The summed E-state index contributed by atoms with van der Waals surface area (Å²) in [5, 5.41) is 3.08. The maximum absolute atomic E-state index is 11.5. The first kappa shape index (κ1) is 13.3. The van der Waals surface area contributed by atoms with Gasteiger partial charge in [-0.3, -0.25) is 4.79 Å². The van der Waals surface area contributed by atoms with Crippen molar-refractivity contribution in [2.24, 2.45) is 0 Å². The molecule has 0 spiro atoms. The van der Waals surface area contributed by atoms with Crippen LogP contribution < -0.4 is 5.32 Å². The summed E-state index contributed by atoms with van der Waals surface area (Å²) in [5.41, 5.74) is 1.95. The second kappa shape index (κ2) is 5.70. The third-order valence-electron chi connectivity index (χ3n) is 3.26. The standard InChI is InChI=1S/C17H19NO/c1-14(19)18-17(2,16-11-7-4-8-12-16)13-15-9-5-3-6-10-15/h3-12H,13H2,1-2H3,(H,18,19).